The number of anilines is 1. The van der Waals surface area contributed by atoms with Gasteiger partial charge in [0.1, 0.15) is 43.1 Å². The zero-order chi connectivity index (χ0) is 49.6. The molecule has 34 heteroatoms. The second kappa shape index (κ2) is 18.2. The summed E-state index contributed by atoms with van der Waals surface area (Å²) in [6, 6.07) is 9.74. The second-order valence-corrected chi connectivity index (χ2v) is 19.2. The Kier molecular flexibility index (Phi) is 13.4. The van der Waals surface area contributed by atoms with Crippen molar-refractivity contribution in [2.75, 3.05) is 5.73 Å². The van der Waals surface area contributed by atoms with Crippen LogP contribution in [0.15, 0.2) is 128 Å². The lowest BCUT2D eigenvalue weighted by Gasteiger charge is -2.14. The maximum absolute atomic E-state index is 12.7. The number of nitrogen functional groups attached to an aromatic ring is 1. The van der Waals surface area contributed by atoms with Crippen molar-refractivity contribution in [1.82, 2.24) is 0 Å². The van der Waals surface area contributed by atoms with Gasteiger partial charge < -0.3 is 21.1 Å². The van der Waals surface area contributed by atoms with Gasteiger partial charge in [0.05, 0.1) is 49.1 Å². The number of fused-ring (bicyclic) bond motifs is 2. The fraction of sp³-hybridized carbons (Fsp3) is 0. The van der Waals surface area contributed by atoms with Crippen LogP contribution in [-0.2, 0) is 49.8 Å². The standard InChI is InChI=1S/C33H22N8O21S5/c34-27-26-14(7-22(63-62-61-48)28(32(26)43)38-37-21-5-3-16(41(46)47)11-23(21)65(52,53)54)9-24(66(55,56)57)29(27)39-35-15-2-1-13-8-25(67(58,59)60)30(31(42)18(13)10-15)40-36-20-6-4-17(64(49,50)51)12-19(20)33(44)45/h1-12,42-43,48H,34H2,(H,44,45)(H,49,50,51)(H,52,53,54)(H,55,56,57)(H,58,59,60). The molecule has 0 aliphatic rings. The lowest BCUT2D eigenvalue weighted by molar-refractivity contribution is -0.432. The molecule has 0 saturated carbocycles. The van der Waals surface area contributed by atoms with E-state index in [9.17, 15) is 82.1 Å². The molecule has 0 amide bonds. The number of nitro groups is 1. The molecule has 0 fully saturated rings. The van der Waals surface area contributed by atoms with E-state index in [-0.39, 0.29) is 33.9 Å². The molecule has 0 bridgehead atoms. The highest BCUT2D eigenvalue weighted by atomic mass is 32.2. The maximum atomic E-state index is 12.7. The number of rotatable bonds is 15. The Bertz CT molecular complexity index is 3680. The third kappa shape index (κ3) is 10.4. The van der Waals surface area contributed by atoms with Gasteiger partial charge in [-0.3, -0.25) is 28.3 Å². The van der Waals surface area contributed by atoms with Crippen molar-refractivity contribution in [3.05, 3.63) is 88.5 Å². The van der Waals surface area contributed by atoms with Gasteiger partial charge in [0, 0.05) is 17.5 Å². The molecule has 6 aromatic carbocycles. The van der Waals surface area contributed by atoms with Gasteiger partial charge >= 0.3 is 5.97 Å². The number of nitro benzene ring substituents is 1. The van der Waals surface area contributed by atoms with Crippen LogP contribution >= 0.6 is 12.0 Å². The minimum absolute atomic E-state index is 0.0983. The van der Waals surface area contributed by atoms with Crippen molar-refractivity contribution in [1.29, 1.82) is 0 Å². The van der Waals surface area contributed by atoms with Crippen molar-refractivity contribution in [3.63, 3.8) is 0 Å². The van der Waals surface area contributed by atoms with Crippen LogP contribution in [0.25, 0.3) is 21.5 Å². The van der Waals surface area contributed by atoms with Crippen molar-refractivity contribution < 1.29 is 91.5 Å². The number of non-ortho nitro benzene ring substituents is 1. The monoisotopic (exact) mass is 1030 g/mol. The Morgan fingerprint density at radius 1 is 0.642 bits per heavy atom. The first-order valence-corrected chi connectivity index (χ1v) is 23.5. The smallest absolute Gasteiger partial charge is 0.338 e. The summed E-state index contributed by atoms with van der Waals surface area (Å²) < 4.78 is 141. The Morgan fingerprint density at radius 3 is 1.82 bits per heavy atom. The minimum atomic E-state index is -5.30. The van der Waals surface area contributed by atoms with Gasteiger partial charge in [0.2, 0.25) is 0 Å². The van der Waals surface area contributed by atoms with Crippen LogP contribution in [0.5, 0.6) is 11.5 Å². The van der Waals surface area contributed by atoms with Crippen molar-refractivity contribution in [3.8, 4) is 11.5 Å². The molecule has 0 radical (unpaired) electrons. The number of aromatic hydroxyl groups is 2. The number of carboxylic acids is 1. The number of azo groups is 3. The number of aromatic carboxylic acids is 1. The average Bonchev–Trinajstić information content (AvgIpc) is 3.22. The SMILES string of the molecule is Nc1c(N=Nc2ccc3cc(S(=O)(=O)O)c(N=Nc4ccc(S(=O)(=O)O)cc4C(=O)O)c(O)c3c2)c(S(=O)(=O)O)cc2cc(SOOO)c(N=Nc3ccc([N+](=O)[O-])cc3S(=O)(=O)O)c(O)c12. The number of phenols is 2. The zero-order valence-electron chi connectivity index (χ0n) is 32.1. The molecule has 6 aromatic rings. The lowest BCUT2D eigenvalue weighted by Crippen LogP contribution is -2.03. The van der Waals surface area contributed by atoms with Gasteiger partial charge in [0.15, 0.2) is 11.5 Å². The predicted molar refractivity (Wildman–Crippen MR) is 225 cm³/mol. The van der Waals surface area contributed by atoms with E-state index in [0.29, 0.717) is 12.1 Å². The Morgan fingerprint density at radius 2 is 1.22 bits per heavy atom. The molecular formula is C33H22N8O21S5. The van der Waals surface area contributed by atoms with Crippen LogP contribution < -0.4 is 5.73 Å². The molecule has 29 nitrogen and oxygen atoms in total. The van der Waals surface area contributed by atoms with Crippen LogP contribution in [0.1, 0.15) is 10.4 Å². The molecule has 0 aromatic heterocycles. The van der Waals surface area contributed by atoms with Crippen molar-refractivity contribution in [2.24, 2.45) is 30.7 Å². The highest BCUT2D eigenvalue weighted by Gasteiger charge is 2.28. The van der Waals surface area contributed by atoms with Crippen LogP contribution in [0.3, 0.4) is 0 Å². The number of hydrogen-bond donors (Lipinski definition) is 9. The summed E-state index contributed by atoms with van der Waals surface area (Å²) in [6.07, 6.45) is 0. The van der Waals surface area contributed by atoms with E-state index in [1.54, 1.807) is 0 Å². The summed E-state index contributed by atoms with van der Waals surface area (Å²) in [5, 5.41) is 76.9. The maximum Gasteiger partial charge on any atom is 0.338 e. The quantitative estimate of drug-likeness (QED) is 0.00929. The first kappa shape index (κ1) is 49.2. The number of carbonyl (C=O) groups is 1. The summed E-state index contributed by atoms with van der Waals surface area (Å²) in [4.78, 5) is 17.6. The zero-order valence-corrected chi connectivity index (χ0v) is 36.1. The molecule has 6 rings (SSSR count). The van der Waals surface area contributed by atoms with Crippen molar-refractivity contribution >= 4 is 126 Å². The molecule has 0 spiro atoms. The van der Waals surface area contributed by atoms with Crippen LogP contribution in [0, 0.1) is 10.1 Å². The molecule has 350 valence electrons. The summed E-state index contributed by atoms with van der Waals surface area (Å²) in [5.74, 6) is -3.83. The number of nitrogens with zero attached hydrogens (tertiary/aromatic N) is 7. The van der Waals surface area contributed by atoms with Gasteiger partial charge in [-0.2, -0.15) is 38.8 Å². The molecule has 10 N–H and O–H groups in total. The van der Waals surface area contributed by atoms with Crippen LogP contribution in [-0.4, -0.2) is 83.4 Å². The third-order valence-corrected chi connectivity index (χ3v) is 12.9. The first-order valence-electron chi connectivity index (χ1n) is 17.0. The van der Waals surface area contributed by atoms with E-state index in [1.807, 2.05) is 0 Å². The fourth-order valence-corrected chi connectivity index (χ4v) is 8.84. The Labute approximate surface area is 376 Å². The molecule has 0 atom stereocenters. The topological polar surface area (TPSA) is 477 Å². The number of benzene rings is 6. The summed E-state index contributed by atoms with van der Waals surface area (Å²) in [6.45, 7) is 0. The number of carboxylic acid groups (broad SMARTS) is 1. The van der Waals surface area contributed by atoms with Crippen LogP contribution in [0.4, 0.5) is 45.5 Å². The highest BCUT2D eigenvalue weighted by molar-refractivity contribution is 7.94. The van der Waals surface area contributed by atoms with Crippen molar-refractivity contribution in [2.45, 2.75) is 24.5 Å². The molecule has 0 heterocycles. The summed E-state index contributed by atoms with van der Waals surface area (Å²) in [7, 11) is -20.6. The van der Waals surface area contributed by atoms with E-state index >= 15 is 0 Å². The first-order chi connectivity index (χ1) is 31.1. The minimum Gasteiger partial charge on any atom is -0.505 e. The average molecular weight is 1030 g/mol. The van der Waals surface area contributed by atoms with Gasteiger partial charge in [-0.1, -0.05) is 11.1 Å². The van der Waals surface area contributed by atoms with Gasteiger partial charge in [-0.25, -0.2) is 10.1 Å². The molecule has 0 aliphatic carbocycles. The van der Waals surface area contributed by atoms with E-state index in [4.69, 9.17) is 11.0 Å². The lowest BCUT2D eigenvalue weighted by atomic mass is 10.1. The van der Waals surface area contributed by atoms with Gasteiger partial charge in [0.25, 0.3) is 46.2 Å². The van der Waals surface area contributed by atoms with E-state index < -0.39 is 138 Å². The highest BCUT2D eigenvalue weighted by Crippen LogP contribution is 2.50. The summed E-state index contributed by atoms with van der Waals surface area (Å²) in [5.41, 5.74) is -0.292. The Hall–Kier alpha value is -7.22. The second-order valence-electron chi connectivity index (χ2n) is 12.9. The van der Waals surface area contributed by atoms with Crippen LogP contribution in [0.2, 0.25) is 0 Å². The summed E-state index contributed by atoms with van der Waals surface area (Å²) >= 11 is 0.0983. The third-order valence-electron chi connectivity index (χ3n) is 8.77. The van der Waals surface area contributed by atoms with Gasteiger partial charge in [-0.15, -0.1) is 29.9 Å². The normalized spacial score (nSPS) is 12.9. The molecule has 67 heavy (non-hydrogen) atoms. The molecular weight excluding hydrogens is 1000 g/mol. The van der Waals surface area contributed by atoms with E-state index in [1.165, 1.54) is 0 Å². The molecule has 0 unspecified atom stereocenters. The predicted octanol–water partition coefficient (Wildman–Crippen LogP) is 7.25. The molecule has 0 aliphatic heterocycles. The Balaban J connectivity index is 1.51. The number of nitrogens with two attached hydrogens (primary N) is 1. The fourth-order valence-electron chi connectivity index (χ4n) is 5.86. The molecule has 0 saturated heterocycles. The number of phenolic OH excluding ortho intramolecular Hbond substituents is 2. The van der Waals surface area contributed by atoms with Gasteiger partial charge in [-0.05, 0) is 65.4 Å². The van der Waals surface area contributed by atoms with E-state index in [0.717, 1.165) is 60.7 Å². The largest absolute Gasteiger partial charge is 0.505 e. The van der Waals surface area contributed by atoms with E-state index in [2.05, 4.69) is 40.1 Å². The number of hydrogen-bond acceptors (Lipinski definition) is 24.